The van der Waals surface area contributed by atoms with Gasteiger partial charge in [-0.05, 0) is 61.7 Å². The number of nitrogens with one attached hydrogen (secondary N) is 2. The smallest absolute Gasteiger partial charge is 0.253 e. The fraction of sp³-hybridized carbons (Fsp3) is 0.360. The van der Waals surface area contributed by atoms with E-state index in [9.17, 15) is 24.6 Å². The van der Waals surface area contributed by atoms with Gasteiger partial charge in [-0.15, -0.1) is 0 Å². The topological polar surface area (TPSA) is 160 Å². The van der Waals surface area contributed by atoms with Crippen molar-refractivity contribution < 1.29 is 24.6 Å². The van der Waals surface area contributed by atoms with E-state index < -0.39 is 24.3 Å². The molecule has 0 aliphatic carbocycles. The van der Waals surface area contributed by atoms with Crippen LogP contribution in [0.25, 0.3) is 0 Å². The molecule has 0 spiro atoms. The fourth-order valence-corrected chi connectivity index (χ4v) is 3.91. The molecule has 6 N–H and O–H groups in total. The summed E-state index contributed by atoms with van der Waals surface area (Å²) in [5.41, 5.74) is 7.11. The number of anilines is 2. The molecule has 1 aliphatic heterocycles. The van der Waals surface area contributed by atoms with Crippen LogP contribution < -0.4 is 16.0 Å². The van der Waals surface area contributed by atoms with E-state index in [0.717, 1.165) is 19.3 Å². The molecule has 0 bridgehead atoms. The number of nitrogens with two attached hydrogens (primary N) is 1. The summed E-state index contributed by atoms with van der Waals surface area (Å²) in [6.45, 7) is 1.00. The van der Waals surface area contributed by atoms with Crippen molar-refractivity contribution in [3.05, 3.63) is 59.7 Å². The van der Waals surface area contributed by atoms with Crippen molar-refractivity contribution >= 4 is 34.9 Å². The van der Waals surface area contributed by atoms with Crippen molar-refractivity contribution in [3.8, 4) is 0 Å². The van der Waals surface area contributed by atoms with E-state index in [1.54, 1.807) is 41.3 Å². The number of aliphatic hydroxyl groups excluding tert-OH is 2. The Morgan fingerprint density at radius 2 is 1.74 bits per heavy atom. The van der Waals surface area contributed by atoms with E-state index >= 15 is 0 Å². The number of benzene rings is 2. The highest BCUT2D eigenvalue weighted by molar-refractivity contribution is 6.02. The van der Waals surface area contributed by atoms with Crippen LogP contribution in [0.3, 0.4) is 0 Å². The van der Waals surface area contributed by atoms with Crippen LogP contribution in [-0.2, 0) is 9.59 Å². The normalized spacial score (nSPS) is 14.2. The van der Waals surface area contributed by atoms with Crippen molar-refractivity contribution in [2.24, 2.45) is 5.73 Å². The molecule has 2 aromatic carbocycles. The second kappa shape index (κ2) is 12.1. The maximum atomic E-state index is 12.9. The Bertz CT molecular complexity index is 1070. The molecular formula is C25H31N5O5. The van der Waals surface area contributed by atoms with Crippen LogP contribution >= 0.6 is 0 Å². The number of hydrogen-bond acceptors (Lipinski definition) is 6. The quantitative estimate of drug-likeness (QED) is 0.268. The highest BCUT2D eigenvalue weighted by Gasteiger charge is 2.25. The summed E-state index contributed by atoms with van der Waals surface area (Å²) in [6, 6.07) is 12.8. The molecule has 10 heteroatoms. The van der Waals surface area contributed by atoms with Gasteiger partial charge in [0.25, 0.3) is 11.8 Å². The minimum absolute atomic E-state index is 0.0545. The Morgan fingerprint density at radius 3 is 2.37 bits per heavy atom. The van der Waals surface area contributed by atoms with E-state index in [4.69, 9.17) is 11.1 Å². The van der Waals surface area contributed by atoms with E-state index in [1.165, 1.54) is 17.0 Å². The lowest BCUT2D eigenvalue weighted by atomic mass is 10.1. The maximum Gasteiger partial charge on any atom is 0.253 e. The van der Waals surface area contributed by atoms with Gasteiger partial charge < -0.3 is 31.1 Å². The van der Waals surface area contributed by atoms with Crippen LogP contribution in [0.4, 0.5) is 11.4 Å². The molecule has 0 aromatic heterocycles. The summed E-state index contributed by atoms with van der Waals surface area (Å²) in [5.74, 6) is -1.57. The minimum atomic E-state index is -1.63. The van der Waals surface area contributed by atoms with E-state index in [-0.39, 0.29) is 24.9 Å². The first-order valence-electron chi connectivity index (χ1n) is 11.5. The van der Waals surface area contributed by atoms with E-state index in [0.29, 0.717) is 35.6 Å². The van der Waals surface area contributed by atoms with Gasteiger partial charge in [0.15, 0.2) is 0 Å². The van der Waals surface area contributed by atoms with Gasteiger partial charge in [0.1, 0.15) is 11.9 Å². The maximum absolute atomic E-state index is 12.9. The Kier molecular flexibility index (Phi) is 8.93. The summed E-state index contributed by atoms with van der Waals surface area (Å²) in [6.07, 6.45) is 0.876. The number of amidine groups is 1. The van der Waals surface area contributed by atoms with Gasteiger partial charge in [0.05, 0.1) is 13.0 Å². The van der Waals surface area contributed by atoms with Gasteiger partial charge in [-0.3, -0.25) is 19.8 Å². The second-order valence-electron chi connectivity index (χ2n) is 8.37. The molecule has 0 saturated carbocycles. The van der Waals surface area contributed by atoms with Gasteiger partial charge in [-0.1, -0.05) is 6.07 Å². The van der Waals surface area contributed by atoms with Gasteiger partial charge >= 0.3 is 0 Å². The lowest BCUT2D eigenvalue weighted by Gasteiger charge is -2.28. The number of piperidine rings is 1. The molecule has 2 aromatic rings. The molecule has 1 atom stereocenters. The SMILES string of the molecule is N=C(N)c1ccc(NC(=O)[C@H](O)CC(=O)N(CCO)c2cccc(C(=O)N3CCCCC3)c2)cc1. The molecule has 3 amide bonds. The van der Waals surface area contributed by atoms with Gasteiger partial charge in [-0.25, -0.2) is 0 Å². The molecular weight excluding hydrogens is 450 g/mol. The molecule has 1 heterocycles. The van der Waals surface area contributed by atoms with Crippen LogP contribution in [0.15, 0.2) is 48.5 Å². The van der Waals surface area contributed by atoms with Crippen molar-refractivity contribution in [3.63, 3.8) is 0 Å². The van der Waals surface area contributed by atoms with Crippen LogP contribution in [-0.4, -0.2) is 71.0 Å². The number of aliphatic hydroxyl groups is 2. The molecule has 3 rings (SSSR count). The Labute approximate surface area is 203 Å². The standard InChI is InChI=1S/C25H31N5O5/c26-23(27)17-7-9-19(10-8-17)28-24(34)21(32)16-22(33)30(13-14-31)20-6-4-5-18(15-20)25(35)29-11-2-1-3-12-29/h4-10,15,21,31-32H,1-3,11-14,16H2,(H3,26,27)(H,28,34)/t21-/m1/s1. The fourth-order valence-electron chi connectivity index (χ4n) is 3.91. The predicted molar refractivity (Wildman–Crippen MR) is 132 cm³/mol. The lowest BCUT2D eigenvalue weighted by Crippen LogP contribution is -2.39. The average Bonchev–Trinajstić information content (AvgIpc) is 2.87. The zero-order valence-electron chi connectivity index (χ0n) is 19.4. The molecule has 1 aliphatic rings. The highest BCUT2D eigenvalue weighted by atomic mass is 16.3. The third-order valence-corrected chi connectivity index (χ3v) is 5.81. The first-order valence-corrected chi connectivity index (χ1v) is 11.5. The van der Waals surface area contributed by atoms with Crippen molar-refractivity contribution in [2.75, 3.05) is 36.5 Å². The first-order chi connectivity index (χ1) is 16.8. The molecule has 0 radical (unpaired) electrons. The number of hydrogen-bond donors (Lipinski definition) is 5. The number of likely N-dealkylation sites (tertiary alicyclic amines) is 1. The number of amides is 3. The second-order valence-corrected chi connectivity index (χ2v) is 8.37. The molecule has 1 saturated heterocycles. The average molecular weight is 482 g/mol. The van der Waals surface area contributed by atoms with E-state index in [2.05, 4.69) is 5.32 Å². The van der Waals surface area contributed by atoms with Gasteiger partial charge in [0, 0.05) is 42.1 Å². The minimum Gasteiger partial charge on any atom is -0.395 e. The van der Waals surface area contributed by atoms with Crippen molar-refractivity contribution in [1.82, 2.24) is 4.90 Å². The number of nitrogen functional groups attached to an aromatic ring is 1. The molecule has 0 unspecified atom stereocenters. The van der Waals surface area contributed by atoms with Gasteiger partial charge in [-0.2, -0.15) is 0 Å². The summed E-state index contributed by atoms with van der Waals surface area (Å²) in [7, 11) is 0. The Hall–Kier alpha value is -3.76. The predicted octanol–water partition coefficient (Wildman–Crippen LogP) is 1.31. The Morgan fingerprint density at radius 1 is 1.06 bits per heavy atom. The zero-order chi connectivity index (χ0) is 25.4. The number of carbonyl (C=O) groups is 3. The monoisotopic (exact) mass is 481 g/mol. The molecule has 1 fully saturated rings. The number of carbonyl (C=O) groups excluding carboxylic acids is 3. The molecule has 10 nitrogen and oxygen atoms in total. The third-order valence-electron chi connectivity index (χ3n) is 5.81. The molecule has 186 valence electrons. The first kappa shape index (κ1) is 25.9. The van der Waals surface area contributed by atoms with Crippen LogP contribution in [0, 0.1) is 5.41 Å². The Balaban J connectivity index is 1.67. The van der Waals surface area contributed by atoms with Crippen LogP contribution in [0.1, 0.15) is 41.6 Å². The summed E-state index contributed by atoms with van der Waals surface area (Å²) < 4.78 is 0. The van der Waals surface area contributed by atoms with Crippen molar-refractivity contribution in [2.45, 2.75) is 31.8 Å². The summed E-state index contributed by atoms with van der Waals surface area (Å²) >= 11 is 0. The zero-order valence-corrected chi connectivity index (χ0v) is 19.4. The number of rotatable bonds is 9. The van der Waals surface area contributed by atoms with Gasteiger partial charge in [0.2, 0.25) is 5.91 Å². The van der Waals surface area contributed by atoms with Crippen LogP contribution in [0.5, 0.6) is 0 Å². The lowest BCUT2D eigenvalue weighted by molar-refractivity contribution is -0.129. The van der Waals surface area contributed by atoms with Crippen molar-refractivity contribution in [1.29, 1.82) is 5.41 Å². The molecule has 35 heavy (non-hydrogen) atoms. The van der Waals surface area contributed by atoms with E-state index in [1.807, 2.05) is 0 Å². The largest absolute Gasteiger partial charge is 0.395 e. The summed E-state index contributed by atoms with van der Waals surface area (Å²) in [5, 5.41) is 29.7. The highest BCUT2D eigenvalue weighted by Crippen LogP contribution is 2.21. The summed E-state index contributed by atoms with van der Waals surface area (Å²) in [4.78, 5) is 41.3. The third kappa shape index (κ3) is 6.87. The van der Waals surface area contributed by atoms with Crippen LogP contribution in [0.2, 0.25) is 0 Å². The number of nitrogens with zero attached hydrogens (tertiary/aromatic N) is 2.